The van der Waals surface area contributed by atoms with Crippen LogP contribution in [-0.2, 0) is 20.6 Å². The number of hydrogen-bond acceptors (Lipinski definition) is 7. The molecule has 6 rings (SSSR count). The largest absolute Gasteiger partial charge is 0.497 e. The summed E-state index contributed by atoms with van der Waals surface area (Å²) in [5, 5.41) is 7.14. The molecule has 0 aromatic heterocycles. The van der Waals surface area contributed by atoms with E-state index in [-0.39, 0.29) is 11.9 Å². The Morgan fingerprint density at radius 3 is 2.57 bits per heavy atom. The second-order valence-electron chi connectivity index (χ2n) is 13.0. The number of methoxy groups -OCH3 is 1. The van der Waals surface area contributed by atoms with Crippen molar-refractivity contribution in [3.63, 3.8) is 0 Å². The minimum Gasteiger partial charge on any atom is -0.497 e. The highest BCUT2D eigenvalue weighted by molar-refractivity contribution is 6.37. The normalized spacial score (nSPS) is 22.3. The van der Waals surface area contributed by atoms with Crippen LogP contribution in [0.15, 0.2) is 47.4 Å². The lowest BCUT2D eigenvalue weighted by Gasteiger charge is -2.37. The van der Waals surface area contributed by atoms with Crippen LogP contribution in [0.2, 0.25) is 5.02 Å². The van der Waals surface area contributed by atoms with Crippen LogP contribution in [0.3, 0.4) is 0 Å². The summed E-state index contributed by atoms with van der Waals surface area (Å²) in [4.78, 5) is 19.2. The van der Waals surface area contributed by atoms with Crippen molar-refractivity contribution in [1.29, 1.82) is 0 Å². The molecule has 0 saturated carbocycles. The second-order valence-corrected chi connectivity index (χ2v) is 13.4. The summed E-state index contributed by atoms with van der Waals surface area (Å²) < 4.78 is 17.0. The number of carbonyl (C=O) groups excluding carboxylic acids is 1. The minimum atomic E-state index is -0.177. The first-order valence-corrected chi connectivity index (χ1v) is 17.3. The highest BCUT2D eigenvalue weighted by Crippen LogP contribution is 2.43. The first-order chi connectivity index (χ1) is 22.3. The van der Waals surface area contributed by atoms with Crippen LogP contribution in [0.5, 0.6) is 0 Å². The van der Waals surface area contributed by atoms with Gasteiger partial charge in [0, 0.05) is 80.0 Å². The maximum Gasteiger partial charge on any atom is 0.253 e. The van der Waals surface area contributed by atoms with Crippen molar-refractivity contribution in [2.45, 2.75) is 71.5 Å². The molecule has 1 aliphatic carbocycles. The van der Waals surface area contributed by atoms with Gasteiger partial charge in [-0.1, -0.05) is 29.8 Å². The standard InChI is InChI=1S/C37H49ClN4O4/c1-6-42(28-11-15-45-16-12-28)33-21-30(27-7-9-29-26(20-27)8-10-32(29)41-13-17-46-18-14-41)36(38)35(24(33)3)37(43)39-22-31-25(4)40-23(2)19-34(31)44-5/h7,9,19-21,25,28,32,40H,6,8,10-18,22H2,1-5H3,(H,39,43). The number of anilines is 1. The summed E-state index contributed by atoms with van der Waals surface area (Å²) in [6, 6.07) is 9.83. The zero-order valence-corrected chi connectivity index (χ0v) is 28.8. The molecule has 248 valence electrons. The molecule has 2 aromatic carbocycles. The predicted molar refractivity (Wildman–Crippen MR) is 185 cm³/mol. The zero-order chi connectivity index (χ0) is 32.4. The molecule has 0 bridgehead atoms. The number of morpholine rings is 1. The van der Waals surface area contributed by atoms with E-state index < -0.39 is 0 Å². The first kappa shape index (κ1) is 32.9. The lowest BCUT2D eigenvalue weighted by atomic mass is 9.93. The van der Waals surface area contributed by atoms with Crippen LogP contribution in [0.1, 0.15) is 73.1 Å². The molecule has 2 unspecified atom stereocenters. The predicted octanol–water partition coefficient (Wildman–Crippen LogP) is 6.17. The number of nitrogens with zero attached hydrogens (tertiary/aromatic N) is 2. The molecule has 0 radical (unpaired) electrons. The molecular weight excluding hydrogens is 600 g/mol. The third-order valence-corrected chi connectivity index (χ3v) is 10.7. The number of dihydropyridines is 1. The molecule has 2 atom stereocenters. The Balaban J connectivity index is 1.38. The zero-order valence-electron chi connectivity index (χ0n) is 28.0. The summed E-state index contributed by atoms with van der Waals surface area (Å²) in [5.41, 5.74) is 9.27. The Morgan fingerprint density at radius 1 is 1.11 bits per heavy atom. The molecule has 3 aliphatic heterocycles. The Labute approximate surface area is 279 Å². The molecular formula is C37H49ClN4O4. The van der Waals surface area contributed by atoms with Crippen molar-refractivity contribution in [2.24, 2.45) is 0 Å². The SMILES string of the molecule is CCN(c1cc(-c2ccc3c(c2)CCC3N2CCOCC2)c(Cl)c(C(=O)NCC2=C(OC)C=C(C)NC2C)c1C)C1CCOCC1. The molecule has 2 saturated heterocycles. The average molecular weight is 649 g/mol. The van der Waals surface area contributed by atoms with E-state index >= 15 is 0 Å². The number of aryl methyl sites for hydroxylation is 1. The number of hydrogen-bond donors (Lipinski definition) is 2. The van der Waals surface area contributed by atoms with Crippen molar-refractivity contribution >= 4 is 23.2 Å². The van der Waals surface area contributed by atoms with E-state index in [0.29, 0.717) is 29.2 Å². The van der Waals surface area contributed by atoms with Crippen molar-refractivity contribution in [1.82, 2.24) is 15.5 Å². The smallest absolute Gasteiger partial charge is 0.253 e. The van der Waals surface area contributed by atoms with Crippen LogP contribution < -0.4 is 15.5 Å². The number of fused-ring (bicyclic) bond motifs is 1. The molecule has 2 aromatic rings. The fourth-order valence-corrected chi connectivity index (χ4v) is 8.23. The number of allylic oxidation sites excluding steroid dienone is 2. The van der Waals surface area contributed by atoms with Crippen molar-refractivity contribution < 1.29 is 19.0 Å². The quantitative estimate of drug-likeness (QED) is 0.337. The van der Waals surface area contributed by atoms with Gasteiger partial charge in [0.1, 0.15) is 5.76 Å². The van der Waals surface area contributed by atoms with Gasteiger partial charge in [-0.3, -0.25) is 9.69 Å². The van der Waals surface area contributed by atoms with Gasteiger partial charge in [-0.05, 0) is 87.8 Å². The minimum absolute atomic E-state index is 0.0375. The van der Waals surface area contributed by atoms with Gasteiger partial charge in [0.25, 0.3) is 5.91 Å². The van der Waals surface area contributed by atoms with Gasteiger partial charge >= 0.3 is 0 Å². The first-order valence-electron chi connectivity index (χ1n) is 16.9. The molecule has 1 amide bonds. The number of amides is 1. The molecule has 8 nitrogen and oxygen atoms in total. The van der Waals surface area contributed by atoms with Crippen LogP contribution in [0, 0.1) is 6.92 Å². The molecule has 2 fully saturated rings. The number of carbonyl (C=O) groups is 1. The third-order valence-electron chi connectivity index (χ3n) is 10.3. The maximum absolute atomic E-state index is 14.2. The van der Waals surface area contributed by atoms with Gasteiger partial charge in [0.05, 0.1) is 30.9 Å². The molecule has 0 spiro atoms. The number of rotatable bonds is 9. The van der Waals surface area contributed by atoms with E-state index in [1.807, 2.05) is 19.9 Å². The fraction of sp³-hybridized carbons (Fsp3) is 0.541. The Hall–Kier alpha value is -3.04. The van der Waals surface area contributed by atoms with Gasteiger partial charge in [-0.25, -0.2) is 0 Å². The number of nitrogens with one attached hydrogen (secondary N) is 2. The van der Waals surface area contributed by atoms with Gasteiger partial charge in [-0.2, -0.15) is 0 Å². The topological polar surface area (TPSA) is 75.3 Å². The molecule has 4 aliphatic rings. The van der Waals surface area contributed by atoms with Gasteiger partial charge in [0.2, 0.25) is 0 Å². The van der Waals surface area contributed by atoms with E-state index in [4.69, 9.17) is 25.8 Å². The summed E-state index contributed by atoms with van der Waals surface area (Å²) in [5.74, 6) is 0.607. The third kappa shape index (κ3) is 6.55. The van der Waals surface area contributed by atoms with E-state index in [1.165, 1.54) is 11.1 Å². The van der Waals surface area contributed by atoms with Crippen LogP contribution >= 0.6 is 11.6 Å². The highest BCUT2D eigenvalue weighted by atomic mass is 35.5. The number of halogens is 1. The van der Waals surface area contributed by atoms with Crippen LogP contribution in [0.4, 0.5) is 5.69 Å². The van der Waals surface area contributed by atoms with E-state index in [9.17, 15) is 4.79 Å². The molecule has 9 heteroatoms. The summed E-state index contributed by atoms with van der Waals surface area (Å²) in [6.45, 7) is 14.6. The summed E-state index contributed by atoms with van der Waals surface area (Å²) >= 11 is 7.30. The van der Waals surface area contributed by atoms with E-state index in [0.717, 1.165) is 111 Å². The van der Waals surface area contributed by atoms with E-state index in [1.54, 1.807) is 7.11 Å². The Morgan fingerprint density at radius 2 is 1.85 bits per heavy atom. The van der Waals surface area contributed by atoms with Crippen LogP contribution in [-0.4, -0.2) is 82.6 Å². The molecule has 46 heavy (non-hydrogen) atoms. The highest BCUT2D eigenvalue weighted by Gasteiger charge is 2.31. The van der Waals surface area contributed by atoms with Crippen molar-refractivity contribution in [2.75, 3.05) is 64.6 Å². The monoisotopic (exact) mass is 648 g/mol. The summed E-state index contributed by atoms with van der Waals surface area (Å²) in [6.07, 6.45) is 6.05. The van der Waals surface area contributed by atoms with Crippen LogP contribution in [0.25, 0.3) is 11.1 Å². The summed E-state index contributed by atoms with van der Waals surface area (Å²) in [7, 11) is 1.67. The number of benzene rings is 2. The molecule has 3 heterocycles. The fourth-order valence-electron chi connectivity index (χ4n) is 7.83. The van der Waals surface area contributed by atoms with Crippen molar-refractivity contribution in [3.8, 4) is 11.1 Å². The van der Waals surface area contributed by atoms with Gasteiger partial charge < -0.3 is 29.7 Å². The average Bonchev–Trinajstić information content (AvgIpc) is 3.49. The lowest BCUT2D eigenvalue weighted by Crippen LogP contribution is -2.40. The second kappa shape index (κ2) is 14.4. The van der Waals surface area contributed by atoms with E-state index in [2.05, 4.69) is 58.5 Å². The maximum atomic E-state index is 14.2. The Kier molecular flexibility index (Phi) is 10.3. The number of ether oxygens (including phenoxy) is 3. The van der Waals surface area contributed by atoms with Gasteiger partial charge in [-0.15, -0.1) is 0 Å². The lowest BCUT2D eigenvalue weighted by molar-refractivity contribution is 0.0164. The molecule has 2 N–H and O–H groups in total. The van der Waals surface area contributed by atoms with Gasteiger partial charge in [0.15, 0.2) is 0 Å². The van der Waals surface area contributed by atoms with Crippen molar-refractivity contribution in [3.05, 3.63) is 74.6 Å². The Bertz CT molecular complexity index is 1510.